The highest BCUT2D eigenvalue weighted by atomic mass is 16.1. The van der Waals surface area contributed by atoms with Gasteiger partial charge in [0.1, 0.15) is 0 Å². The van der Waals surface area contributed by atoms with Crippen molar-refractivity contribution < 1.29 is 4.79 Å². The number of hydrogen-bond donors (Lipinski definition) is 1. The van der Waals surface area contributed by atoms with Crippen molar-refractivity contribution in [3.05, 3.63) is 34.9 Å². The van der Waals surface area contributed by atoms with E-state index in [2.05, 4.69) is 17.9 Å². The average molecular weight is 300 g/mol. The second-order valence-electron chi connectivity index (χ2n) is 7.07. The van der Waals surface area contributed by atoms with Gasteiger partial charge in [-0.2, -0.15) is 0 Å². The summed E-state index contributed by atoms with van der Waals surface area (Å²) in [5.74, 6) is 0.246. The molecule has 0 radical (unpaired) electrons. The first kappa shape index (κ1) is 15.5. The van der Waals surface area contributed by atoms with Gasteiger partial charge in [-0.1, -0.05) is 38.3 Å². The minimum absolute atomic E-state index is 0.313. The van der Waals surface area contributed by atoms with Crippen molar-refractivity contribution in [2.24, 2.45) is 11.7 Å². The summed E-state index contributed by atoms with van der Waals surface area (Å²) in [6, 6.07) is 0.774. The largest absolute Gasteiger partial charge is 0.366 e. The first-order valence-electron chi connectivity index (χ1n) is 8.79. The summed E-state index contributed by atoms with van der Waals surface area (Å²) >= 11 is 0. The molecule has 1 unspecified atom stereocenters. The molecular weight excluding hydrogens is 272 g/mol. The highest BCUT2D eigenvalue weighted by molar-refractivity contribution is 5.95. The van der Waals surface area contributed by atoms with E-state index in [1.165, 1.54) is 43.3 Å². The molecule has 0 aromatic carbocycles. The molecule has 120 valence electrons. The number of allylic oxidation sites excluding steroid dienone is 2. The smallest absolute Gasteiger partial charge is 0.248 e. The Balaban J connectivity index is 1.83. The molecule has 3 heteroatoms. The lowest BCUT2D eigenvalue weighted by molar-refractivity contribution is -0.114. The molecule has 22 heavy (non-hydrogen) atoms. The third kappa shape index (κ3) is 3.35. The summed E-state index contributed by atoms with van der Waals surface area (Å²) in [4.78, 5) is 14.2. The molecule has 2 aliphatic carbocycles. The lowest BCUT2D eigenvalue weighted by Crippen LogP contribution is -2.42. The third-order valence-electron chi connectivity index (χ3n) is 5.54. The normalized spacial score (nSPS) is 31.7. The molecule has 2 N–H and O–H groups in total. The molecule has 0 aromatic rings. The predicted molar refractivity (Wildman–Crippen MR) is 90.3 cm³/mol. The van der Waals surface area contributed by atoms with Crippen molar-refractivity contribution >= 4 is 5.91 Å². The first-order valence-corrected chi connectivity index (χ1v) is 8.79. The monoisotopic (exact) mass is 300 g/mol. The minimum atomic E-state index is -0.313. The van der Waals surface area contributed by atoms with E-state index in [1.807, 2.05) is 12.2 Å². The Morgan fingerprint density at radius 1 is 1.27 bits per heavy atom. The topological polar surface area (TPSA) is 46.3 Å². The van der Waals surface area contributed by atoms with Crippen molar-refractivity contribution in [2.45, 2.75) is 57.9 Å². The lowest BCUT2D eigenvalue weighted by Gasteiger charge is -2.40. The highest BCUT2D eigenvalue weighted by Crippen LogP contribution is 2.33. The van der Waals surface area contributed by atoms with Gasteiger partial charge in [0.15, 0.2) is 0 Å². The van der Waals surface area contributed by atoms with Gasteiger partial charge in [0.2, 0.25) is 5.91 Å². The van der Waals surface area contributed by atoms with Crippen LogP contribution in [0.15, 0.2) is 34.9 Å². The van der Waals surface area contributed by atoms with Gasteiger partial charge in [0, 0.05) is 24.7 Å². The van der Waals surface area contributed by atoms with Gasteiger partial charge >= 0.3 is 0 Å². The molecular formula is C19H28N2O. The molecule has 3 aliphatic rings. The van der Waals surface area contributed by atoms with Crippen LogP contribution in [0.4, 0.5) is 0 Å². The van der Waals surface area contributed by atoms with Crippen molar-refractivity contribution in [3.8, 4) is 0 Å². The van der Waals surface area contributed by atoms with E-state index >= 15 is 0 Å². The Morgan fingerprint density at radius 3 is 2.77 bits per heavy atom. The van der Waals surface area contributed by atoms with Crippen LogP contribution in [0.1, 0.15) is 51.9 Å². The number of nitrogens with two attached hydrogens (primary N) is 1. The molecule has 1 fully saturated rings. The van der Waals surface area contributed by atoms with Gasteiger partial charge < -0.3 is 5.73 Å². The molecule has 0 bridgehead atoms. The van der Waals surface area contributed by atoms with Gasteiger partial charge in [-0.25, -0.2) is 0 Å². The Hall–Kier alpha value is -1.35. The van der Waals surface area contributed by atoms with Crippen molar-refractivity contribution in [3.63, 3.8) is 0 Å². The highest BCUT2D eigenvalue weighted by Gasteiger charge is 2.28. The van der Waals surface area contributed by atoms with Gasteiger partial charge in [-0.3, -0.25) is 9.69 Å². The SMILES string of the molecule is CC1C/C=C/C(C(N)=O)=C\C2=C1CN(C1CCCCC1)CC2. The summed E-state index contributed by atoms with van der Waals surface area (Å²) < 4.78 is 0. The maximum atomic E-state index is 11.6. The van der Waals surface area contributed by atoms with Crippen molar-refractivity contribution in [2.75, 3.05) is 13.1 Å². The van der Waals surface area contributed by atoms with Gasteiger partial charge in [-0.15, -0.1) is 0 Å². The number of carbonyl (C=O) groups is 1. The number of amides is 1. The zero-order chi connectivity index (χ0) is 15.5. The van der Waals surface area contributed by atoms with E-state index in [1.54, 1.807) is 0 Å². The molecule has 1 heterocycles. The van der Waals surface area contributed by atoms with E-state index in [0.717, 1.165) is 32.0 Å². The molecule has 1 amide bonds. The van der Waals surface area contributed by atoms with E-state index < -0.39 is 0 Å². The summed E-state index contributed by atoms with van der Waals surface area (Å²) in [6.45, 7) is 4.52. The van der Waals surface area contributed by atoms with E-state index in [-0.39, 0.29) is 5.91 Å². The van der Waals surface area contributed by atoms with Crippen molar-refractivity contribution in [1.82, 2.24) is 4.90 Å². The lowest BCUT2D eigenvalue weighted by atomic mass is 9.84. The fourth-order valence-electron chi connectivity index (χ4n) is 4.15. The molecule has 3 rings (SSSR count). The van der Waals surface area contributed by atoms with Crippen LogP contribution in [0, 0.1) is 5.92 Å². The zero-order valence-corrected chi connectivity index (χ0v) is 13.7. The molecule has 0 saturated heterocycles. The second kappa shape index (κ2) is 6.82. The molecule has 1 atom stereocenters. The summed E-state index contributed by atoms with van der Waals surface area (Å²) in [5.41, 5.74) is 9.04. The minimum Gasteiger partial charge on any atom is -0.366 e. The summed E-state index contributed by atoms with van der Waals surface area (Å²) in [7, 11) is 0. The van der Waals surface area contributed by atoms with E-state index in [0.29, 0.717) is 11.5 Å². The quantitative estimate of drug-likeness (QED) is 0.850. The van der Waals surface area contributed by atoms with Crippen LogP contribution in [0.25, 0.3) is 0 Å². The van der Waals surface area contributed by atoms with E-state index in [4.69, 9.17) is 5.73 Å². The molecule has 0 spiro atoms. The molecule has 1 saturated carbocycles. The van der Waals surface area contributed by atoms with E-state index in [9.17, 15) is 4.79 Å². The average Bonchev–Trinajstić information content (AvgIpc) is 2.52. The molecule has 1 aliphatic heterocycles. The van der Waals surface area contributed by atoms with Crippen molar-refractivity contribution in [1.29, 1.82) is 0 Å². The zero-order valence-electron chi connectivity index (χ0n) is 13.7. The van der Waals surface area contributed by atoms with Crippen LogP contribution in [0.2, 0.25) is 0 Å². The third-order valence-corrected chi connectivity index (χ3v) is 5.54. The number of nitrogens with zero attached hydrogens (tertiary/aromatic N) is 1. The Labute approximate surface area is 133 Å². The standard InChI is InChI=1S/C19H28N2O/c1-14-6-5-7-16(19(20)22)12-15-10-11-21(13-18(14)15)17-8-3-2-4-9-17/h5,7,12,14,17H,2-4,6,8-11,13H2,1H3,(H2,20,22)/b7-5+,16-12+. The predicted octanol–water partition coefficient (Wildman–Crippen LogP) is 3.33. The number of rotatable bonds is 2. The Bertz CT molecular complexity index is 524. The Morgan fingerprint density at radius 2 is 2.05 bits per heavy atom. The Kier molecular flexibility index (Phi) is 4.82. The van der Waals surface area contributed by atoms with Gasteiger partial charge in [0.05, 0.1) is 0 Å². The first-order chi connectivity index (χ1) is 10.6. The van der Waals surface area contributed by atoms with Crippen LogP contribution >= 0.6 is 0 Å². The molecule has 3 nitrogen and oxygen atoms in total. The maximum Gasteiger partial charge on any atom is 0.248 e. The molecule has 0 aromatic heterocycles. The fourth-order valence-corrected chi connectivity index (χ4v) is 4.15. The second-order valence-corrected chi connectivity index (χ2v) is 7.07. The number of primary amides is 1. The summed E-state index contributed by atoms with van der Waals surface area (Å²) in [6.07, 6.45) is 15.0. The van der Waals surface area contributed by atoms with Gasteiger partial charge in [-0.05, 0) is 48.8 Å². The summed E-state index contributed by atoms with van der Waals surface area (Å²) in [5, 5.41) is 0. The van der Waals surface area contributed by atoms with Crippen LogP contribution < -0.4 is 5.73 Å². The number of hydrogen-bond acceptors (Lipinski definition) is 2. The van der Waals surface area contributed by atoms with Crippen LogP contribution in [0.5, 0.6) is 0 Å². The number of carbonyl (C=O) groups excluding carboxylic acids is 1. The van der Waals surface area contributed by atoms with Crippen LogP contribution in [-0.4, -0.2) is 29.9 Å². The maximum absolute atomic E-state index is 11.6. The van der Waals surface area contributed by atoms with Gasteiger partial charge in [0.25, 0.3) is 0 Å². The van der Waals surface area contributed by atoms with Crippen LogP contribution in [-0.2, 0) is 4.79 Å². The fraction of sp³-hybridized carbons (Fsp3) is 0.632. The van der Waals surface area contributed by atoms with Crippen LogP contribution in [0.3, 0.4) is 0 Å².